The van der Waals surface area contributed by atoms with Gasteiger partial charge in [0, 0.05) is 29.7 Å². The van der Waals surface area contributed by atoms with Crippen molar-refractivity contribution in [1.29, 1.82) is 0 Å². The Morgan fingerprint density at radius 1 is 0.829 bits per heavy atom. The van der Waals surface area contributed by atoms with Crippen LogP contribution < -0.4 is 5.32 Å². The molecule has 6 rings (SSSR count). The molecule has 0 unspecified atom stereocenters. The standard InChI is InChI=1S/C28H20N4O3/c1-32-14-13-22-16-21(11-12-24(22)32)19-9-7-18(8-10-19)20-4-2-5-23(17-20)26(33)29-28-31-30-27(35-28)25-6-3-15-34-25/h2-17H,1H3,(H,29,31,33). The molecule has 35 heavy (non-hydrogen) atoms. The van der Waals surface area contributed by atoms with E-state index in [1.807, 2.05) is 25.2 Å². The van der Waals surface area contributed by atoms with E-state index in [4.69, 9.17) is 8.83 Å². The van der Waals surface area contributed by atoms with E-state index in [1.165, 1.54) is 17.2 Å². The van der Waals surface area contributed by atoms with Crippen LogP contribution in [0.5, 0.6) is 0 Å². The van der Waals surface area contributed by atoms with E-state index in [1.54, 1.807) is 18.2 Å². The molecule has 0 saturated carbocycles. The predicted octanol–water partition coefficient (Wildman–Crippen LogP) is 6.41. The number of aromatic nitrogens is 3. The number of furan rings is 1. The molecule has 3 aromatic carbocycles. The minimum absolute atomic E-state index is 0.00606. The molecule has 0 fully saturated rings. The van der Waals surface area contributed by atoms with Gasteiger partial charge in [-0.15, -0.1) is 5.10 Å². The van der Waals surface area contributed by atoms with Crippen molar-refractivity contribution in [2.45, 2.75) is 0 Å². The summed E-state index contributed by atoms with van der Waals surface area (Å²) in [6.07, 6.45) is 3.58. The molecule has 7 nitrogen and oxygen atoms in total. The van der Waals surface area contributed by atoms with Crippen LogP contribution in [0.2, 0.25) is 0 Å². The number of hydrogen-bond donors (Lipinski definition) is 1. The lowest BCUT2D eigenvalue weighted by molar-refractivity contribution is 0.102. The van der Waals surface area contributed by atoms with Gasteiger partial charge in [0.25, 0.3) is 11.8 Å². The van der Waals surface area contributed by atoms with E-state index in [9.17, 15) is 4.79 Å². The van der Waals surface area contributed by atoms with E-state index in [2.05, 4.69) is 74.8 Å². The Balaban J connectivity index is 1.20. The summed E-state index contributed by atoms with van der Waals surface area (Å²) in [5, 5.41) is 11.6. The number of aryl methyl sites for hydroxylation is 1. The fourth-order valence-electron chi connectivity index (χ4n) is 4.10. The topological polar surface area (TPSA) is 86.1 Å². The molecule has 0 radical (unpaired) electrons. The van der Waals surface area contributed by atoms with Gasteiger partial charge in [0.1, 0.15) is 0 Å². The van der Waals surface area contributed by atoms with Gasteiger partial charge in [0.05, 0.1) is 6.26 Å². The molecular formula is C28H20N4O3. The molecule has 3 aromatic heterocycles. The van der Waals surface area contributed by atoms with Crippen molar-refractivity contribution < 1.29 is 13.6 Å². The second kappa shape index (κ2) is 8.46. The lowest BCUT2D eigenvalue weighted by Gasteiger charge is -2.08. The highest BCUT2D eigenvalue weighted by Gasteiger charge is 2.15. The van der Waals surface area contributed by atoms with Crippen LogP contribution in [0.4, 0.5) is 6.01 Å². The maximum Gasteiger partial charge on any atom is 0.322 e. The molecule has 0 aliphatic heterocycles. The maximum absolute atomic E-state index is 12.8. The quantitative estimate of drug-likeness (QED) is 0.321. The first-order chi connectivity index (χ1) is 17.1. The molecule has 0 aliphatic rings. The maximum atomic E-state index is 12.8. The number of benzene rings is 3. The van der Waals surface area contributed by atoms with Crippen LogP contribution in [0.3, 0.4) is 0 Å². The summed E-state index contributed by atoms with van der Waals surface area (Å²) < 4.78 is 12.8. The van der Waals surface area contributed by atoms with Crippen molar-refractivity contribution in [2.75, 3.05) is 5.32 Å². The predicted molar refractivity (Wildman–Crippen MR) is 134 cm³/mol. The van der Waals surface area contributed by atoms with E-state index in [0.717, 1.165) is 22.3 Å². The third-order valence-electron chi connectivity index (χ3n) is 5.94. The average Bonchev–Trinajstić information content (AvgIpc) is 3.66. The van der Waals surface area contributed by atoms with Gasteiger partial charge in [-0.2, -0.15) is 0 Å². The zero-order valence-electron chi connectivity index (χ0n) is 18.8. The molecule has 7 heteroatoms. The fraction of sp³-hybridized carbons (Fsp3) is 0.0357. The monoisotopic (exact) mass is 460 g/mol. The Kier molecular flexibility index (Phi) is 5.00. The summed E-state index contributed by atoms with van der Waals surface area (Å²) >= 11 is 0. The van der Waals surface area contributed by atoms with Crippen molar-refractivity contribution in [3.05, 3.63) is 103 Å². The van der Waals surface area contributed by atoms with Crippen molar-refractivity contribution >= 4 is 22.8 Å². The Labute approximate surface area is 200 Å². The molecule has 6 aromatic rings. The van der Waals surface area contributed by atoms with Crippen LogP contribution in [0.15, 0.2) is 106 Å². The molecule has 3 heterocycles. The summed E-state index contributed by atoms with van der Waals surface area (Å²) in [7, 11) is 2.05. The third kappa shape index (κ3) is 4.00. The van der Waals surface area contributed by atoms with Crippen LogP contribution in [-0.2, 0) is 7.05 Å². The van der Waals surface area contributed by atoms with Crippen molar-refractivity contribution in [1.82, 2.24) is 14.8 Å². The lowest BCUT2D eigenvalue weighted by atomic mass is 9.98. The lowest BCUT2D eigenvalue weighted by Crippen LogP contribution is -2.12. The number of carbonyl (C=O) groups excluding carboxylic acids is 1. The summed E-state index contributed by atoms with van der Waals surface area (Å²) in [5.41, 5.74) is 5.94. The number of hydrogen-bond acceptors (Lipinski definition) is 5. The Bertz CT molecular complexity index is 1640. The number of nitrogens with one attached hydrogen (secondary N) is 1. The van der Waals surface area contributed by atoms with Gasteiger partial charge in [-0.05, 0) is 64.7 Å². The molecule has 170 valence electrons. The smallest absolute Gasteiger partial charge is 0.322 e. The SMILES string of the molecule is Cn1ccc2cc(-c3ccc(-c4cccc(C(=O)Nc5nnc(-c6ccco6)o5)c4)cc3)ccc21. The van der Waals surface area contributed by atoms with Crippen LogP contribution >= 0.6 is 0 Å². The normalized spacial score (nSPS) is 11.1. The third-order valence-corrected chi connectivity index (χ3v) is 5.94. The molecule has 0 aliphatic carbocycles. The molecule has 1 amide bonds. The first-order valence-electron chi connectivity index (χ1n) is 11.1. The Hall–Kier alpha value is -4.91. The van der Waals surface area contributed by atoms with Crippen LogP contribution in [-0.4, -0.2) is 20.7 Å². The minimum atomic E-state index is -0.339. The van der Waals surface area contributed by atoms with Crippen LogP contribution in [0, 0.1) is 0 Å². The zero-order chi connectivity index (χ0) is 23.8. The van der Waals surface area contributed by atoms with Crippen LogP contribution in [0.25, 0.3) is 44.8 Å². The summed E-state index contributed by atoms with van der Waals surface area (Å²) in [5.74, 6) is 0.298. The fourth-order valence-corrected chi connectivity index (χ4v) is 4.10. The number of nitrogens with zero attached hydrogens (tertiary/aromatic N) is 3. The van der Waals surface area contributed by atoms with E-state index >= 15 is 0 Å². The van der Waals surface area contributed by atoms with Crippen molar-refractivity contribution in [3.8, 4) is 33.9 Å². The summed E-state index contributed by atoms with van der Waals surface area (Å²) in [4.78, 5) is 12.8. The summed E-state index contributed by atoms with van der Waals surface area (Å²) in [6.45, 7) is 0. The number of fused-ring (bicyclic) bond motifs is 1. The number of anilines is 1. The second-order valence-electron chi connectivity index (χ2n) is 8.20. The van der Waals surface area contributed by atoms with E-state index < -0.39 is 0 Å². The van der Waals surface area contributed by atoms with Crippen molar-refractivity contribution in [2.24, 2.45) is 7.05 Å². The Morgan fingerprint density at radius 2 is 1.60 bits per heavy atom. The molecular weight excluding hydrogens is 440 g/mol. The highest BCUT2D eigenvalue weighted by Crippen LogP contribution is 2.28. The largest absolute Gasteiger partial charge is 0.459 e. The van der Waals surface area contributed by atoms with E-state index in [0.29, 0.717) is 11.3 Å². The van der Waals surface area contributed by atoms with Gasteiger partial charge in [-0.3, -0.25) is 10.1 Å². The molecule has 0 atom stereocenters. The molecule has 1 N–H and O–H groups in total. The van der Waals surface area contributed by atoms with Crippen LogP contribution in [0.1, 0.15) is 10.4 Å². The number of amides is 1. The van der Waals surface area contributed by atoms with Gasteiger partial charge in [-0.1, -0.05) is 47.6 Å². The average molecular weight is 460 g/mol. The second-order valence-corrected chi connectivity index (χ2v) is 8.20. The first kappa shape index (κ1) is 20.7. The highest BCUT2D eigenvalue weighted by molar-refractivity contribution is 6.03. The molecule has 0 bridgehead atoms. The summed E-state index contributed by atoms with van der Waals surface area (Å²) in [6, 6.07) is 27.8. The Morgan fingerprint density at radius 3 is 2.37 bits per heavy atom. The molecule has 0 saturated heterocycles. The van der Waals surface area contributed by atoms with E-state index in [-0.39, 0.29) is 17.8 Å². The zero-order valence-corrected chi connectivity index (χ0v) is 18.8. The van der Waals surface area contributed by atoms with Gasteiger partial charge in [0.15, 0.2) is 5.76 Å². The van der Waals surface area contributed by atoms with Crippen molar-refractivity contribution in [3.63, 3.8) is 0 Å². The van der Waals surface area contributed by atoms with Gasteiger partial charge in [-0.25, -0.2) is 0 Å². The van der Waals surface area contributed by atoms with Gasteiger partial charge in [0.2, 0.25) is 0 Å². The minimum Gasteiger partial charge on any atom is -0.459 e. The first-order valence-corrected chi connectivity index (χ1v) is 11.1. The highest BCUT2D eigenvalue weighted by atomic mass is 16.4. The number of rotatable bonds is 5. The number of carbonyl (C=O) groups is 1. The van der Waals surface area contributed by atoms with Gasteiger partial charge >= 0.3 is 6.01 Å². The van der Waals surface area contributed by atoms with Gasteiger partial charge < -0.3 is 13.4 Å². The molecule has 0 spiro atoms.